The Hall–Kier alpha value is -1.40. The third-order valence-electron chi connectivity index (χ3n) is 2.92. The second-order valence-electron chi connectivity index (χ2n) is 4.43. The third-order valence-corrected chi connectivity index (χ3v) is 2.92. The largest absolute Gasteiger partial charge is 0.364 e. The number of hydrogen-bond donors (Lipinski definition) is 0. The topological polar surface area (TPSA) is 59.1 Å². The van der Waals surface area contributed by atoms with Crippen LogP contribution in [0.15, 0.2) is 12.2 Å². The number of hydroxylamine groups is 4. The highest BCUT2D eigenvalue weighted by molar-refractivity contribution is 5.91. The van der Waals surface area contributed by atoms with Gasteiger partial charge in [0, 0.05) is 38.3 Å². The zero-order valence-corrected chi connectivity index (χ0v) is 10.3. The highest BCUT2D eigenvalue weighted by atomic mass is 16.7. The zero-order valence-electron chi connectivity index (χ0n) is 10.3. The summed E-state index contributed by atoms with van der Waals surface area (Å²) in [6, 6.07) is 0. The predicted octanol–water partition coefficient (Wildman–Crippen LogP) is 0.651. The molecule has 6 nitrogen and oxygen atoms in total. The molecule has 0 aromatic carbocycles. The van der Waals surface area contributed by atoms with Crippen LogP contribution < -0.4 is 0 Å². The summed E-state index contributed by atoms with van der Waals surface area (Å²) in [5.74, 6) is -1.06. The first kappa shape index (κ1) is 13.0. The first-order valence-corrected chi connectivity index (χ1v) is 6.36. The molecule has 0 atom stereocenters. The zero-order chi connectivity index (χ0) is 12.8. The van der Waals surface area contributed by atoms with Gasteiger partial charge in [0.25, 0.3) is 0 Å². The molecule has 18 heavy (non-hydrogen) atoms. The normalized spacial score (nSPS) is 21.6. The molecule has 0 spiro atoms. The van der Waals surface area contributed by atoms with E-state index in [9.17, 15) is 9.59 Å². The Bertz CT molecular complexity index is 299. The van der Waals surface area contributed by atoms with E-state index in [4.69, 9.17) is 9.68 Å². The second-order valence-corrected chi connectivity index (χ2v) is 4.43. The maximum absolute atomic E-state index is 11.4. The molecule has 2 aliphatic rings. The van der Waals surface area contributed by atoms with Gasteiger partial charge in [0.15, 0.2) is 0 Å². The molecule has 6 heteroatoms. The van der Waals surface area contributed by atoms with Gasteiger partial charge in [-0.2, -0.15) is 0 Å². The van der Waals surface area contributed by atoms with Crippen LogP contribution in [0.4, 0.5) is 0 Å². The minimum absolute atomic E-state index is 0.532. The molecule has 0 N–H and O–H groups in total. The van der Waals surface area contributed by atoms with Crippen molar-refractivity contribution in [3.8, 4) is 0 Å². The number of rotatable bonds is 4. The number of carbonyl (C=O) groups is 2. The summed E-state index contributed by atoms with van der Waals surface area (Å²) in [4.78, 5) is 32.8. The monoisotopic (exact) mass is 254 g/mol. The maximum atomic E-state index is 11.4. The van der Waals surface area contributed by atoms with Crippen molar-refractivity contribution in [1.82, 2.24) is 10.1 Å². The molecule has 0 bridgehead atoms. The first-order valence-electron chi connectivity index (χ1n) is 6.36. The fourth-order valence-corrected chi connectivity index (χ4v) is 2.01. The summed E-state index contributed by atoms with van der Waals surface area (Å²) in [5.41, 5.74) is 0. The Morgan fingerprint density at radius 1 is 0.722 bits per heavy atom. The van der Waals surface area contributed by atoms with Crippen LogP contribution >= 0.6 is 0 Å². The molecule has 0 unspecified atom stereocenters. The van der Waals surface area contributed by atoms with E-state index >= 15 is 0 Å². The van der Waals surface area contributed by atoms with Crippen molar-refractivity contribution in [2.75, 3.05) is 26.2 Å². The molecule has 2 rings (SSSR count). The summed E-state index contributed by atoms with van der Waals surface area (Å²) in [7, 11) is 0. The summed E-state index contributed by atoms with van der Waals surface area (Å²) in [6.07, 6.45) is 6.36. The van der Waals surface area contributed by atoms with Crippen LogP contribution in [0, 0.1) is 0 Å². The molecule has 0 aromatic rings. The Kier molecular flexibility index (Phi) is 4.72. The lowest BCUT2D eigenvalue weighted by Crippen LogP contribution is -2.24. The highest BCUT2D eigenvalue weighted by Crippen LogP contribution is 2.09. The van der Waals surface area contributed by atoms with E-state index in [0.717, 1.165) is 64.0 Å². The number of carbonyl (C=O) groups excluding carboxylic acids is 2. The number of nitrogens with zero attached hydrogens (tertiary/aromatic N) is 2. The molecular formula is C12H18N2O4. The van der Waals surface area contributed by atoms with Gasteiger partial charge in [-0.05, 0) is 25.7 Å². The molecule has 0 aromatic heterocycles. The lowest BCUT2D eigenvalue weighted by molar-refractivity contribution is -0.181. The molecule has 2 fully saturated rings. The van der Waals surface area contributed by atoms with Crippen LogP contribution in [0.25, 0.3) is 0 Å². The van der Waals surface area contributed by atoms with Crippen molar-refractivity contribution in [1.29, 1.82) is 0 Å². The Labute approximate surface area is 106 Å². The first-order chi connectivity index (χ1) is 8.74. The molecule has 0 amide bonds. The van der Waals surface area contributed by atoms with Gasteiger partial charge in [0.2, 0.25) is 0 Å². The summed E-state index contributed by atoms with van der Waals surface area (Å²) < 4.78 is 0. The quantitative estimate of drug-likeness (QED) is 0.687. The van der Waals surface area contributed by atoms with Gasteiger partial charge in [-0.3, -0.25) is 0 Å². The van der Waals surface area contributed by atoms with Crippen molar-refractivity contribution in [3.05, 3.63) is 12.2 Å². The fraction of sp³-hybridized carbons (Fsp3) is 0.667. The van der Waals surface area contributed by atoms with Gasteiger partial charge in [0.05, 0.1) is 0 Å². The second kappa shape index (κ2) is 6.51. The average molecular weight is 254 g/mol. The molecule has 0 saturated carbocycles. The molecular weight excluding hydrogens is 236 g/mol. The molecule has 2 aliphatic heterocycles. The van der Waals surface area contributed by atoms with Gasteiger partial charge in [-0.25, -0.2) is 9.59 Å². The van der Waals surface area contributed by atoms with E-state index < -0.39 is 11.9 Å². The van der Waals surface area contributed by atoms with E-state index in [1.807, 2.05) is 0 Å². The minimum Gasteiger partial charge on any atom is -0.364 e. The van der Waals surface area contributed by atoms with Crippen molar-refractivity contribution in [2.24, 2.45) is 0 Å². The van der Waals surface area contributed by atoms with E-state index in [1.54, 1.807) is 10.1 Å². The molecule has 0 aliphatic carbocycles. The van der Waals surface area contributed by atoms with Gasteiger partial charge in [-0.15, -0.1) is 10.1 Å². The van der Waals surface area contributed by atoms with Crippen molar-refractivity contribution in [3.63, 3.8) is 0 Å². The Morgan fingerprint density at radius 2 is 1.06 bits per heavy atom. The van der Waals surface area contributed by atoms with E-state index in [-0.39, 0.29) is 0 Å². The fourth-order valence-electron chi connectivity index (χ4n) is 2.01. The summed E-state index contributed by atoms with van der Waals surface area (Å²) >= 11 is 0. The van der Waals surface area contributed by atoms with Crippen LogP contribution in [0.1, 0.15) is 25.7 Å². The lowest BCUT2D eigenvalue weighted by Gasteiger charge is -2.13. The van der Waals surface area contributed by atoms with Gasteiger partial charge < -0.3 is 9.68 Å². The van der Waals surface area contributed by atoms with E-state index in [1.165, 1.54) is 0 Å². The average Bonchev–Trinajstić information content (AvgIpc) is 2.99. The molecule has 2 saturated heterocycles. The van der Waals surface area contributed by atoms with Crippen LogP contribution in [-0.2, 0) is 19.3 Å². The van der Waals surface area contributed by atoms with Crippen LogP contribution in [0.5, 0.6) is 0 Å². The Balaban J connectivity index is 1.68. The van der Waals surface area contributed by atoms with Crippen molar-refractivity contribution >= 4 is 11.9 Å². The van der Waals surface area contributed by atoms with Crippen molar-refractivity contribution in [2.45, 2.75) is 25.7 Å². The van der Waals surface area contributed by atoms with E-state index in [2.05, 4.69) is 0 Å². The number of hydrogen-bond acceptors (Lipinski definition) is 6. The van der Waals surface area contributed by atoms with E-state index in [0.29, 0.717) is 0 Å². The predicted molar refractivity (Wildman–Crippen MR) is 62.9 cm³/mol. The standard InChI is InChI=1S/C12H18N2O4/c15-11(17-13-7-1-2-8-13)5-6-12(16)18-14-9-3-4-10-14/h5-6H,1-4,7-10H2/b6-5-. The van der Waals surface area contributed by atoms with Gasteiger partial charge >= 0.3 is 11.9 Å². The summed E-state index contributed by atoms with van der Waals surface area (Å²) in [5, 5.41) is 3.22. The molecule has 100 valence electrons. The maximum Gasteiger partial charge on any atom is 0.349 e. The van der Waals surface area contributed by atoms with Gasteiger partial charge in [0.1, 0.15) is 0 Å². The van der Waals surface area contributed by atoms with Crippen LogP contribution in [-0.4, -0.2) is 48.2 Å². The smallest absolute Gasteiger partial charge is 0.349 e. The highest BCUT2D eigenvalue weighted by Gasteiger charge is 2.16. The SMILES string of the molecule is O=C(/C=C\C(=O)ON1CCCC1)ON1CCCC1. The van der Waals surface area contributed by atoms with Gasteiger partial charge in [-0.1, -0.05) is 0 Å². The third kappa shape index (κ3) is 4.12. The van der Waals surface area contributed by atoms with Crippen LogP contribution in [0.2, 0.25) is 0 Å². The summed E-state index contributed by atoms with van der Waals surface area (Å²) in [6.45, 7) is 3.05. The molecule has 0 radical (unpaired) electrons. The van der Waals surface area contributed by atoms with Crippen LogP contribution in [0.3, 0.4) is 0 Å². The van der Waals surface area contributed by atoms with Crippen molar-refractivity contribution < 1.29 is 19.3 Å². The Morgan fingerprint density at radius 3 is 1.39 bits per heavy atom. The molecule has 2 heterocycles. The lowest BCUT2D eigenvalue weighted by atomic mass is 10.4. The minimum atomic E-state index is -0.532.